The van der Waals surface area contributed by atoms with Crippen LogP contribution in [0.2, 0.25) is 0 Å². The normalized spacial score (nSPS) is 9.88. The predicted molar refractivity (Wildman–Crippen MR) is 65.1 cm³/mol. The van der Waals surface area contributed by atoms with E-state index in [1.54, 1.807) is 13.2 Å². The fourth-order valence-electron chi connectivity index (χ4n) is 1.08. The van der Waals surface area contributed by atoms with Gasteiger partial charge in [-0.2, -0.15) is 5.26 Å². The summed E-state index contributed by atoms with van der Waals surface area (Å²) in [5, 5.41) is 11.4. The Kier molecular flexibility index (Phi) is 5.69. The molecule has 4 nitrogen and oxygen atoms in total. The van der Waals surface area contributed by atoms with Crippen molar-refractivity contribution in [2.45, 2.75) is 6.61 Å². The summed E-state index contributed by atoms with van der Waals surface area (Å²) >= 11 is 0.868. The number of benzene rings is 1. The van der Waals surface area contributed by atoms with Gasteiger partial charge in [-0.1, -0.05) is 12.1 Å². The van der Waals surface area contributed by atoms with Gasteiger partial charge in [-0.3, -0.25) is 0 Å². The highest BCUT2D eigenvalue weighted by molar-refractivity contribution is 8.06. The molecule has 88 valence electrons. The SMILES string of the molecule is COc1cccc(COC(=O)/C=C/SC#N)c1. The average molecular weight is 249 g/mol. The molecular formula is C12H11NO3S. The lowest BCUT2D eigenvalue weighted by Gasteiger charge is -2.04. The Labute approximate surface area is 104 Å². The summed E-state index contributed by atoms with van der Waals surface area (Å²) in [7, 11) is 1.58. The standard InChI is InChI=1S/C12H11NO3S/c1-15-11-4-2-3-10(7-11)8-16-12(14)5-6-17-9-13/h2-7H,8H2,1H3/b6-5+. The molecule has 0 spiro atoms. The third-order valence-electron chi connectivity index (χ3n) is 1.84. The van der Waals surface area contributed by atoms with Crippen molar-refractivity contribution < 1.29 is 14.3 Å². The zero-order valence-electron chi connectivity index (χ0n) is 9.25. The molecule has 1 aromatic rings. The van der Waals surface area contributed by atoms with E-state index < -0.39 is 5.97 Å². The van der Waals surface area contributed by atoms with E-state index in [1.165, 1.54) is 11.5 Å². The van der Waals surface area contributed by atoms with Crippen LogP contribution in [0.4, 0.5) is 0 Å². The molecule has 1 rings (SSSR count). The smallest absolute Gasteiger partial charge is 0.331 e. The van der Waals surface area contributed by atoms with Crippen LogP contribution in [-0.2, 0) is 16.1 Å². The highest BCUT2D eigenvalue weighted by Gasteiger charge is 2.00. The van der Waals surface area contributed by atoms with E-state index in [1.807, 2.05) is 23.6 Å². The molecule has 0 bridgehead atoms. The van der Waals surface area contributed by atoms with Gasteiger partial charge in [0.1, 0.15) is 17.8 Å². The molecule has 0 aliphatic carbocycles. The number of methoxy groups -OCH3 is 1. The summed E-state index contributed by atoms with van der Waals surface area (Å²) < 4.78 is 10.0. The number of carbonyl (C=O) groups excluding carboxylic acids is 1. The van der Waals surface area contributed by atoms with Crippen LogP contribution in [0.5, 0.6) is 5.75 Å². The van der Waals surface area contributed by atoms with Crippen molar-refractivity contribution in [2.24, 2.45) is 0 Å². The third kappa shape index (κ3) is 5.09. The summed E-state index contributed by atoms with van der Waals surface area (Å²) in [6, 6.07) is 7.27. The zero-order chi connectivity index (χ0) is 12.5. The average Bonchev–Trinajstić information content (AvgIpc) is 2.37. The first-order chi connectivity index (χ1) is 8.26. The second-order valence-electron chi connectivity index (χ2n) is 2.97. The molecule has 0 heterocycles. The number of rotatable bonds is 5. The lowest BCUT2D eigenvalue weighted by Crippen LogP contribution is -2.00. The first-order valence-corrected chi connectivity index (χ1v) is 5.65. The monoisotopic (exact) mass is 249 g/mol. The van der Waals surface area contributed by atoms with E-state index in [0.29, 0.717) is 5.75 Å². The number of esters is 1. The summed E-state index contributed by atoms with van der Waals surface area (Å²) in [6.07, 6.45) is 1.22. The summed E-state index contributed by atoms with van der Waals surface area (Å²) in [5.74, 6) is 0.240. The van der Waals surface area contributed by atoms with Gasteiger partial charge in [0.2, 0.25) is 0 Å². The molecule has 5 heteroatoms. The molecule has 0 atom stereocenters. The van der Waals surface area contributed by atoms with Crippen molar-refractivity contribution in [3.8, 4) is 11.2 Å². The van der Waals surface area contributed by atoms with Gasteiger partial charge in [0.15, 0.2) is 0 Å². The number of nitrogens with zero attached hydrogens (tertiary/aromatic N) is 1. The minimum Gasteiger partial charge on any atom is -0.497 e. The zero-order valence-corrected chi connectivity index (χ0v) is 10.1. The van der Waals surface area contributed by atoms with E-state index in [-0.39, 0.29) is 6.61 Å². The minimum atomic E-state index is -0.476. The summed E-state index contributed by atoms with van der Waals surface area (Å²) in [5.41, 5.74) is 0.846. The van der Waals surface area contributed by atoms with Gasteiger partial charge in [-0.15, -0.1) is 0 Å². The Morgan fingerprint density at radius 1 is 1.59 bits per heavy atom. The summed E-state index contributed by atoms with van der Waals surface area (Å²) in [6.45, 7) is 0.178. The maximum Gasteiger partial charge on any atom is 0.331 e. The number of ether oxygens (including phenoxy) is 2. The quantitative estimate of drug-likeness (QED) is 0.456. The van der Waals surface area contributed by atoms with Crippen LogP contribution in [0.15, 0.2) is 35.7 Å². The maximum absolute atomic E-state index is 11.2. The Bertz CT molecular complexity index is 451. The van der Waals surface area contributed by atoms with E-state index >= 15 is 0 Å². The Morgan fingerprint density at radius 3 is 3.12 bits per heavy atom. The van der Waals surface area contributed by atoms with Crippen molar-refractivity contribution >= 4 is 17.7 Å². The lowest BCUT2D eigenvalue weighted by molar-refractivity contribution is -0.138. The number of carbonyl (C=O) groups is 1. The van der Waals surface area contributed by atoms with Crippen LogP contribution >= 0.6 is 11.8 Å². The van der Waals surface area contributed by atoms with Crippen LogP contribution < -0.4 is 4.74 Å². The molecule has 0 fully saturated rings. The number of hydrogen-bond donors (Lipinski definition) is 0. The molecule has 0 saturated carbocycles. The second-order valence-corrected chi connectivity index (χ2v) is 3.66. The minimum absolute atomic E-state index is 0.178. The van der Waals surface area contributed by atoms with Gasteiger partial charge in [0.25, 0.3) is 0 Å². The van der Waals surface area contributed by atoms with Gasteiger partial charge in [-0.05, 0) is 34.9 Å². The molecule has 17 heavy (non-hydrogen) atoms. The van der Waals surface area contributed by atoms with E-state index in [4.69, 9.17) is 14.7 Å². The lowest BCUT2D eigenvalue weighted by atomic mass is 10.2. The first kappa shape index (κ1) is 13.1. The highest BCUT2D eigenvalue weighted by atomic mass is 32.2. The van der Waals surface area contributed by atoms with Crippen molar-refractivity contribution in [3.05, 3.63) is 41.3 Å². The topological polar surface area (TPSA) is 59.3 Å². The molecule has 0 aliphatic heterocycles. The summed E-state index contributed by atoms with van der Waals surface area (Å²) in [4.78, 5) is 11.2. The largest absolute Gasteiger partial charge is 0.497 e. The molecule has 0 unspecified atom stereocenters. The van der Waals surface area contributed by atoms with Crippen molar-refractivity contribution in [2.75, 3.05) is 7.11 Å². The van der Waals surface area contributed by atoms with E-state index in [9.17, 15) is 4.79 Å². The van der Waals surface area contributed by atoms with Crippen LogP contribution in [0.1, 0.15) is 5.56 Å². The van der Waals surface area contributed by atoms with Gasteiger partial charge >= 0.3 is 5.97 Å². The Balaban J connectivity index is 2.44. The molecular weight excluding hydrogens is 238 g/mol. The number of hydrogen-bond acceptors (Lipinski definition) is 5. The van der Waals surface area contributed by atoms with E-state index in [2.05, 4.69) is 0 Å². The van der Waals surface area contributed by atoms with Gasteiger partial charge in [0.05, 0.1) is 7.11 Å². The first-order valence-electron chi connectivity index (χ1n) is 4.77. The van der Waals surface area contributed by atoms with Crippen LogP contribution in [0, 0.1) is 10.7 Å². The molecule has 1 aromatic carbocycles. The number of thiocyanates is 1. The maximum atomic E-state index is 11.2. The van der Waals surface area contributed by atoms with E-state index in [0.717, 1.165) is 17.3 Å². The van der Waals surface area contributed by atoms with Crippen molar-refractivity contribution in [1.29, 1.82) is 5.26 Å². The predicted octanol–water partition coefficient (Wildman–Crippen LogP) is 2.47. The van der Waals surface area contributed by atoms with Gasteiger partial charge < -0.3 is 9.47 Å². The van der Waals surface area contributed by atoms with Crippen LogP contribution in [-0.4, -0.2) is 13.1 Å². The van der Waals surface area contributed by atoms with Gasteiger partial charge in [0, 0.05) is 6.08 Å². The molecule has 0 saturated heterocycles. The van der Waals surface area contributed by atoms with Crippen molar-refractivity contribution in [1.82, 2.24) is 0 Å². The molecule has 0 N–H and O–H groups in total. The third-order valence-corrected chi connectivity index (χ3v) is 2.22. The highest BCUT2D eigenvalue weighted by Crippen LogP contribution is 2.13. The fourth-order valence-corrected chi connectivity index (χ4v) is 1.32. The Hall–Kier alpha value is -1.93. The number of nitriles is 1. The number of thioether (sulfide) groups is 1. The molecule has 0 radical (unpaired) electrons. The Morgan fingerprint density at radius 2 is 2.41 bits per heavy atom. The molecule has 0 aromatic heterocycles. The van der Waals surface area contributed by atoms with Crippen molar-refractivity contribution in [3.63, 3.8) is 0 Å². The van der Waals surface area contributed by atoms with Gasteiger partial charge in [-0.25, -0.2) is 4.79 Å². The molecule has 0 amide bonds. The fraction of sp³-hybridized carbons (Fsp3) is 0.167. The second kappa shape index (κ2) is 7.36. The van der Waals surface area contributed by atoms with Crippen LogP contribution in [0.3, 0.4) is 0 Å². The van der Waals surface area contributed by atoms with Crippen LogP contribution in [0.25, 0.3) is 0 Å². The molecule has 0 aliphatic rings.